The summed E-state index contributed by atoms with van der Waals surface area (Å²) in [5.74, 6) is 0.00630. The van der Waals surface area contributed by atoms with Gasteiger partial charge in [0.1, 0.15) is 0 Å². The molecule has 0 atom stereocenters. The molecule has 0 aromatic carbocycles. The zero-order chi connectivity index (χ0) is 8.72. The third-order valence-corrected chi connectivity index (χ3v) is 2.43. The molecule has 0 unspecified atom stereocenters. The van der Waals surface area contributed by atoms with E-state index in [9.17, 15) is 4.79 Å². The molecule has 2 rings (SSSR count). The zero-order valence-electron chi connectivity index (χ0n) is 5.97. The first-order chi connectivity index (χ1) is 5.70. The molecule has 62 valence electrons. The zero-order valence-corrected chi connectivity index (χ0v) is 7.48. The molecule has 0 saturated carbocycles. The number of Topliss-reactive ketones (excluding diaryl/α,β-unsaturated/α-hetero) is 1. The number of hydrogen-bond acceptors (Lipinski definition) is 3. The predicted octanol–water partition coefficient (Wildman–Crippen LogP) is 1.91. The monoisotopic (exact) mass is 202 g/mol. The largest absolute Gasteiger partial charge is 0.294 e. The summed E-state index contributed by atoms with van der Waals surface area (Å²) in [6, 6.07) is 0. The summed E-state index contributed by atoms with van der Waals surface area (Å²) in [4.78, 5) is 11.2. The lowest BCUT2D eigenvalue weighted by molar-refractivity contribution is 0.0994. The van der Waals surface area contributed by atoms with Gasteiger partial charge in [-0.2, -0.15) is 0 Å². The number of aromatic nitrogens is 2. The van der Waals surface area contributed by atoms with E-state index in [1.807, 2.05) is 0 Å². The van der Waals surface area contributed by atoms with Gasteiger partial charge in [-0.05, 0) is 6.42 Å². The summed E-state index contributed by atoms with van der Waals surface area (Å²) < 4.78 is 0. The minimum absolute atomic E-state index is 0.00630. The third kappa shape index (κ3) is 1.01. The van der Waals surface area contributed by atoms with E-state index in [4.69, 9.17) is 23.2 Å². The molecule has 0 bridgehead atoms. The molecule has 0 N–H and O–H groups in total. The van der Waals surface area contributed by atoms with Gasteiger partial charge in [-0.25, -0.2) is 0 Å². The summed E-state index contributed by atoms with van der Waals surface area (Å²) in [7, 11) is 0. The van der Waals surface area contributed by atoms with E-state index in [1.54, 1.807) is 0 Å². The number of fused-ring (bicyclic) bond motifs is 1. The maximum Gasteiger partial charge on any atom is 0.166 e. The summed E-state index contributed by atoms with van der Waals surface area (Å²) >= 11 is 11.4. The lowest BCUT2D eigenvalue weighted by Gasteiger charge is -1.98. The van der Waals surface area contributed by atoms with E-state index < -0.39 is 0 Å². The molecule has 1 aliphatic rings. The first kappa shape index (κ1) is 7.95. The molecule has 0 fully saturated rings. The van der Waals surface area contributed by atoms with Crippen LogP contribution >= 0.6 is 23.2 Å². The van der Waals surface area contributed by atoms with Crippen molar-refractivity contribution in [2.45, 2.75) is 12.8 Å². The molecule has 0 spiro atoms. The van der Waals surface area contributed by atoms with Crippen molar-refractivity contribution in [2.75, 3.05) is 0 Å². The summed E-state index contributed by atoms with van der Waals surface area (Å²) in [5, 5.41) is 7.64. The van der Waals surface area contributed by atoms with Crippen LogP contribution < -0.4 is 0 Å². The normalized spacial score (nSPS) is 15.0. The third-order valence-electron chi connectivity index (χ3n) is 1.86. The van der Waals surface area contributed by atoms with E-state index >= 15 is 0 Å². The molecule has 0 aliphatic heterocycles. The number of ketones is 1. The molecule has 3 nitrogen and oxygen atoms in total. The van der Waals surface area contributed by atoms with Gasteiger partial charge < -0.3 is 0 Å². The summed E-state index contributed by atoms with van der Waals surface area (Å²) in [6.45, 7) is 0. The second kappa shape index (κ2) is 2.68. The highest BCUT2D eigenvalue weighted by Gasteiger charge is 2.26. The first-order valence-electron chi connectivity index (χ1n) is 3.44. The summed E-state index contributed by atoms with van der Waals surface area (Å²) in [6.07, 6.45) is 1.09. The molecule has 0 amide bonds. The van der Waals surface area contributed by atoms with Crippen molar-refractivity contribution in [2.24, 2.45) is 0 Å². The molecule has 1 aromatic heterocycles. The molecular weight excluding hydrogens is 199 g/mol. The van der Waals surface area contributed by atoms with E-state index in [2.05, 4.69) is 10.2 Å². The van der Waals surface area contributed by atoms with Gasteiger partial charge in [0, 0.05) is 12.0 Å². The van der Waals surface area contributed by atoms with E-state index in [0.29, 0.717) is 23.6 Å². The average molecular weight is 203 g/mol. The quantitative estimate of drug-likeness (QED) is 0.646. The molecule has 12 heavy (non-hydrogen) atoms. The average Bonchev–Trinajstić information content (AvgIpc) is 2.42. The minimum Gasteiger partial charge on any atom is -0.294 e. The number of carbonyl (C=O) groups is 1. The van der Waals surface area contributed by atoms with Crippen molar-refractivity contribution < 1.29 is 4.79 Å². The van der Waals surface area contributed by atoms with E-state index in [1.165, 1.54) is 0 Å². The van der Waals surface area contributed by atoms with Crippen molar-refractivity contribution in [1.29, 1.82) is 0 Å². The second-order valence-electron chi connectivity index (χ2n) is 2.56. The van der Waals surface area contributed by atoms with Gasteiger partial charge in [0.25, 0.3) is 0 Å². The Labute approximate surface area is 78.7 Å². The van der Waals surface area contributed by atoms with Gasteiger partial charge in [-0.15, -0.1) is 10.2 Å². The van der Waals surface area contributed by atoms with Gasteiger partial charge in [0.2, 0.25) is 0 Å². The second-order valence-corrected chi connectivity index (χ2v) is 3.27. The standard InChI is InChI=1S/C7H4Cl2N2O/c8-6-3-1-2-4(12)5(3)7(9)11-10-6/h1-2H2. The molecule has 1 aliphatic carbocycles. The molecular formula is C7H4Cl2N2O. The first-order valence-corrected chi connectivity index (χ1v) is 4.19. The van der Waals surface area contributed by atoms with Crippen LogP contribution in [0.15, 0.2) is 0 Å². The number of rotatable bonds is 0. The van der Waals surface area contributed by atoms with E-state index in [0.717, 1.165) is 5.56 Å². The van der Waals surface area contributed by atoms with Crippen molar-refractivity contribution in [3.8, 4) is 0 Å². The maximum absolute atomic E-state index is 11.2. The fourth-order valence-electron chi connectivity index (χ4n) is 1.30. The van der Waals surface area contributed by atoms with Crippen molar-refractivity contribution >= 4 is 29.0 Å². The van der Waals surface area contributed by atoms with Crippen LogP contribution in [0.25, 0.3) is 0 Å². The minimum atomic E-state index is 0.00630. The fraction of sp³-hybridized carbons (Fsp3) is 0.286. The Morgan fingerprint density at radius 1 is 1.08 bits per heavy atom. The van der Waals surface area contributed by atoms with Crippen LogP contribution in [-0.2, 0) is 6.42 Å². The van der Waals surface area contributed by atoms with Crippen LogP contribution in [0.1, 0.15) is 22.3 Å². The molecule has 5 heteroatoms. The summed E-state index contributed by atoms with van der Waals surface area (Å²) in [5.41, 5.74) is 1.19. The Kier molecular flexibility index (Phi) is 1.77. The van der Waals surface area contributed by atoms with Gasteiger partial charge in [-0.3, -0.25) is 4.79 Å². The number of carbonyl (C=O) groups excluding carboxylic acids is 1. The Hall–Kier alpha value is -0.670. The Bertz CT molecular complexity index is 365. The SMILES string of the molecule is O=C1CCc2c(Cl)nnc(Cl)c21. The van der Waals surface area contributed by atoms with Crippen LogP contribution in [0, 0.1) is 0 Å². The highest BCUT2D eigenvalue weighted by Crippen LogP contribution is 2.30. The predicted molar refractivity (Wildman–Crippen MR) is 44.7 cm³/mol. The van der Waals surface area contributed by atoms with Crippen LogP contribution in [0.2, 0.25) is 10.3 Å². The number of hydrogen-bond donors (Lipinski definition) is 0. The fourth-order valence-corrected chi connectivity index (χ4v) is 1.78. The Morgan fingerprint density at radius 2 is 1.75 bits per heavy atom. The molecule has 0 radical (unpaired) electrons. The van der Waals surface area contributed by atoms with Crippen LogP contribution in [-0.4, -0.2) is 16.0 Å². The Balaban J connectivity index is 2.72. The molecule has 0 saturated heterocycles. The lowest BCUT2D eigenvalue weighted by Crippen LogP contribution is -1.97. The van der Waals surface area contributed by atoms with Crippen molar-refractivity contribution in [1.82, 2.24) is 10.2 Å². The lowest BCUT2D eigenvalue weighted by atomic mass is 10.2. The van der Waals surface area contributed by atoms with Crippen molar-refractivity contribution in [3.05, 3.63) is 21.4 Å². The van der Waals surface area contributed by atoms with Gasteiger partial charge >= 0.3 is 0 Å². The van der Waals surface area contributed by atoms with Gasteiger partial charge in [0.05, 0.1) is 5.56 Å². The highest BCUT2D eigenvalue weighted by atomic mass is 35.5. The Morgan fingerprint density at radius 3 is 2.42 bits per heavy atom. The highest BCUT2D eigenvalue weighted by molar-refractivity contribution is 6.35. The van der Waals surface area contributed by atoms with Crippen LogP contribution in [0.5, 0.6) is 0 Å². The van der Waals surface area contributed by atoms with Crippen LogP contribution in [0.4, 0.5) is 0 Å². The van der Waals surface area contributed by atoms with Gasteiger partial charge in [-0.1, -0.05) is 23.2 Å². The molecule has 1 heterocycles. The molecule has 1 aromatic rings. The number of nitrogens with zero attached hydrogens (tertiary/aromatic N) is 2. The van der Waals surface area contributed by atoms with Gasteiger partial charge in [0.15, 0.2) is 16.1 Å². The topological polar surface area (TPSA) is 42.9 Å². The number of halogens is 2. The van der Waals surface area contributed by atoms with E-state index in [-0.39, 0.29) is 10.9 Å². The van der Waals surface area contributed by atoms with Crippen LogP contribution in [0.3, 0.4) is 0 Å². The van der Waals surface area contributed by atoms with Crippen molar-refractivity contribution in [3.63, 3.8) is 0 Å². The maximum atomic E-state index is 11.2. The smallest absolute Gasteiger partial charge is 0.166 e.